The Morgan fingerprint density at radius 2 is 2.00 bits per heavy atom. The Hall–Kier alpha value is -1.16. The number of hydrogen-bond donors (Lipinski definition) is 3. The fourth-order valence-corrected chi connectivity index (χ4v) is 5.22. The second kappa shape index (κ2) is 6.53. The number of rotatable bonds is 6. The topological polar surface area (TPSA) is 94.8 Å². The summed E-state index contributed by atoms with van der Waals surface area (Å²) in [5.74, 6) is -1.22. The smallest absolute Gasteiger partial charge is 0.326 e. The van der Waals surface area contributed by atoms with Crippen molar-refractivity contribution in [3.63, 3.8) is 0 Å². The quantitative estimate of drug-likeness (QED) is 0.699. The van der Waals surface area contributed by atoms with Gasteiger partial charge in [0.2, 0.25) is 0 Å². The summed E-state index contributed by atoms with van der Waals surface area (Å²) in [6.07, 6.45) is 1.93. The van der Waals surface area contributed by atoms with Gasteiger partial charge in [-0.1, -0.05) is 43.7 Å². The van der Waals surface area contributed by atoms with Crippen LogP contribution >= 0.6 is 7.60 Å². The van der Waals surface area contributed by atoms with Crippen LogP contribution in [0, 0.1) is 17.3 Å². The first-order chi connectivity index (χ1) is 10.2. The second-order valence-electron chi connectivity index (χ2n) is 6.45. The van der Waals surface area contributed by atoms with Gasteiger partial charge in [0.05, 0.1) is 11.6 Å². The zero-order chi connectivity index (χ0) is 16.4. The van der Waals surface area contributed by atoms with E-state index >= 15 is 0 Å². The lowest BCUT2D eigenvalue weighted by atomic mass is 9.71. The zero-order valence-electron chi connectivity index (χ0n) is 12.7. The highest BCUT2D eigenvalue weighted by atomic mass is 31.2. The Morgan fingerprint density at radius 1 is 1.36 bits per heavy atom. The lowest BCUT2D eigenvalue weighted by Crippen LogP contribution is -2.41. The maximum absolute atomic E-state index is 11.8. The lowest BCUT2D eigenvalue weighted by molar-refractivity contribution is -0.151. The Bertz CT molecular complexity index is 567. The van der Waals surface area contributed by atoms with Crippen molar-refractivity contribution in [3.8, 4) is 0 Å². The summed E-state index contributed by atoms with van der Waals surface area (Å²) >= 11 is 0. The molecule has 1 aliphatic rings. The Balaban J connectivity index is 2.23. The van der Waals surface area contributed by atoms with Gasteiger partial charge in [0.15, 0.2) is 0 Å². The van der Waals surface area contributed by atoms with Crippen LogP contribution in [0.2, 0.25) is 0 Å². The van der Waals surface area contributed by atoms with Crippen molar-refractivity contribution in [3.05, 3.63) is 35.9 Å². The average molecular weight is 326 g/mol. The van der Waals surface area contributed by atoms with Gasteiger partial charge in [-0.05, 0) is 36.7 Å². The largest absolute Gasteiger partial charge is 0.481 e. The summed E-state index contributed by atoms with van der Waals surface area (Å²) < 4.78 is 11.5. The molecular formula is C16H23O5P. The molecule has 0 aromatic heterocycles. The molecule has 3 unspecified atom stereocenters. The van der Waals surface area contributed by atoms with Gasteiger partial charge in [-0.2, -0.15) is 0 Å². The fourth-order valence-electron chi connectivity index (χ4n) is 3.95. The summed E-state index contributed by atoms with van der Waals surface area (Å²) in [5.41, 5.74) is -0.176. The van der Waals surface area contributed by atoms with Gasteiger partial charge in [-0.3, -0.25) is 9.36 Å². The highest BCUT2D eigenvalue weighted by Crippen LogP contribution is 2.55. The zero-order valence-corrected chi connectivity index (χ0v) is 13.6. The molecule has 1 aliphatic carbocycles. The minimum absolute atomic E-state index is 0.0625. The normalized spacial score (nSPS) is 26.8. The molecule has 0 aliphatic heterocycles. The molecule has 3 atom stereocenters. The van der Waals surface area contributed by atoms with Crippen molar-refractivity contribution in [1.29, 1.82) is 0 Å². The van der Waals surface area contributed by atoms with E-state index in [2.05, 4.69) is 0 Å². The van der Waals surface area contributed by atoms with Crippen molar-refractivity contribution >= 4 is 13.6 Å². The number of carboxylic acid groups (broad SMARTS) is 1. The van der Waals surface area contributed by atoms with Crippen LogP contribution in [-0.2, 0) is 15.8 Å². The predicted octanol–water partition coefficient (Wildman–Crippen LogP) is 2.91. The monoisotopic (exact) mass is 326 g/mol. The van der Waals surface area contributed by atoms with Gasteiger partial charge in [-0.15, -0.1) is 0 Å². The van der Waals surface area contributed by atoms with Gasteiger partial charge in [0, 0.05) is 0 Å². The van der Waals surface area contributed by atoms with E-state index in [9.17, 15) is 24.3 Å². The highest BCUT2D eigenvalue weighted by molar-refractivity contribution is 7.51. The van der Waals surface area contributed by atoms with Gasteiger partial charge in [-0.25, -0.2) is 0 Å². The van der Waals surface area contributed by atoms with Crippen LogP contribution in [0.3, 0.4) is 0 Å². The van der Waals surface area contributed by atoms with Crippen LogP contribution < -0.4 is 0 Å². The third-order valence-corrected chi connectivity index (χ3v) is 5.83. The summed E-state index contributed by atoms with van der Waals surface area (Å²) in [5, 5.41) is 9.67. The molecule has 6 heteroatoms. The molecule has 2 rings (SSSR count). The average Bonchev–Trinajstić information content (AvgIpc) is 2.82. The number of aliphatic carboxylic acids is 1. The molecule has 0 spiro atoms. The molecule has 1 saturated carbocycles. The summed E-state index contributed by atoms with van der Waals surface area (Å²) in [4.78, 5) is 30.5. The Kier molecular flexibility index (Phi) is 5.10. The molecule has 1 fully saturated rings. The first-order valence-electron chi connectivity index (χ1n) is 7.56. The van der Waals surface area contributed by atoms with Crippen molar-refractivity contribution in [2.75, 3.05) is 6.16 Å². The van der Waals surface area contributed by atoms with E-state index in [4.69, 9.17) is 0 Å². The van der Waals surface area contributed by atoms with E-state index in [1.807, 2.05) is 37.3 Å². The fraction of sp³-hybridized carbons (Fsp3) is 0.562. The molecule has 122 valence electrons. The van der Waals surface area contributed by atoms with E-state index < -0.39 is 25.1 Å². The maximum Gasteiger partial charge on any atom is 0.326 e. The Morgan fingerprint density at radius 3 is 2.55 bits per heavy atom. The minimum Gasteiger partial charge on any atom is -0.481 e. The van der Waals surface area contributed by atoms with Crippen molar-refractivity contribution < 1.29 is 24.3 Å². The van der Waals surface area contributed by atoms with Crippen LogP contribution in [0.5, 0.6) is 0 Å². The van der Waals surface area contributed by atoms with Gasteiger partial charge >= 0.3 is 13.6 Å². The van der Waals surface area contributed by atoms with Crippen LogP contribution in [0.25, 0.3) is 0 Å². The standard InChI is InChI=1S/C16H23O5P/c1-12(10-13-6-3-2-4-7-13)14-8-5-9-16(14,15(17)18)11-22(19,20)21/h2-4,6-7,12,14H,5,8-11H2,1H3,(H,17,18)(H2,19,20,21). The minimum atomic E-state index is -4.37. The molecule has 3 N–H and O–H groups in total. The molecule has 0 radical (unpaired) electrons. The third-order valence-electron chi connectivity index (χ3n) is 4.85. The van der Waals surface area contributed by atoms with Crippen LogP contribution in [-0.4, -0.2) is 27.0 Å². The van der Waals surface area contributed by atoms with Gasteiger partial charge < -0.3 is 14.9 Å². The van der Waals surface area contributed by atoms with E-state index in [0.717, 1.165) is 12.0 Å². The van der Waals surface area contributed by atoms with E-state index in [1.54, 1.807) is 0 Å². The molecule has 22 heavy (non-hydrogen) atoms. The molecule has 0 saturated heterocycles. The van der Waals surface area contributed by atoms with Crippen LogP contribution in [0.15, 0.2) is 30.3 Å². The van der Waals surface area contributed by atoms with Crippen LogP contribution in [0.1, 0.15) is 31.7 Å². The first-order valence-corrected chi connectivity index (χ1v) is 9.36. The SMILES string of the molecule is CC(Cc1ccccc1)C1CCCC1(CP(=O)(O)O)C(=O)O. The second-order valence-corrected chi connectivity index (χ2v) is 8.10. The molecule has 5 nitrogen and oxygen atoms in total. The third kappa shape index (κ3) is 3.78. The van der Waals surface area contributed by atoms with Gasteiger partial charge in [0.1, 0.15) is 0 Å². The van der Waals surface area contributed by atoms with Crippen molar-refractivity contribution in [1.82, 2.24) is 0 Å². The number of carboxylic acids is 1. The molecule has 0 amide bonds. The number of benzene rings is 1. The molecule has 1 aromatic carbocycles. The van der Waals surface area contributed by atoms with Crippen LogP contribution in [0.4, 0.5) is 0 Å². The number of hydrogen-bond acceptors (Lipinski definition) is 2. The highest BCUT2D eigenvalue weighted by Gasteiger charge is 2.53. The van der Waals surface area contributed by atoms with Crippen molar-refractivity contribution in [2.45, 2.75) is 32.6 Å². The van der Waals surface area contributed by atoms with E-state index in [-0.39, 0.29) is 11.8 Å². The van der Waals surface area contributed by atoms with Gasteiger partial charge in [0.25, 0.3) is 0 Å². The molecule has 0 heterocycles. The van der Waals surface area contributed by atoms with E-state index in [1.165, 1.54) is 0 Å². The summed E-state index contributed by atoms with van der Waals surface area (Å²) in [6.45, 7) is 1.99. The van der Waals surface area contributed by atoms with E-state index in [0.29, 0.717) is 19.3 Å². The number of carbonyl (C=O) groups is 1. The predicted molar refractivity (Wildman–Crippen MR) is 83.6 cm³/mol. The van der Waals surface area contributed by atoms with Crippen molar-refractivity contribution in [2.24, 2.45) is 17.3 Å². The Labute approximate surface area is 130 Å². The molecule has 0 bridgehead atoms. The summed E-state index contributed by atoms with van der Waals surface area (Å²) in [7, 11) is -4.37. The molecular weight excluding hydrogens is 303 g/mol. The molecule has 1 aromatic rings. The first kappa shape index (κ1) is 17.2. The summed E-state index contributed by atoms with van der Waals surface area (Å²) in [6, 6.07) is 9.81. The lowest BCUT2D eigenvalue weighted by Gasteiger charge is -2.35. The maximum atomic E-state index is 11.8.